The average Bonchev–Trinajstić information content (AvgIpc) is 1.67. The molecule has 0 aromatic rings. The lowest BCUT2D eigenvalue weighted by molar-refractivity contribution is 0.319. The van der Waals surface area contributed by atoms with Gasteiger partial charge in [0.2, 0.25) is 0 Å². The van der Waals surface area contributed by atoms with E-state index >= 15 is 0 Å². The van der Waals surface area contributed by atoms with Crippen molar-refractivity contribution in [2.24, 2.45) is 0 Å². The van der Waals surface area contributed by atoms with Crippen molar-refractivity contribution in [2.75, 3.05) is 21.2 Å². The zero-order valence-corrected chi connectivity index (χ0v) is 5.93. The molecule has 0 bridgehead atoms. The number of nitrogens with zero attached hydrogens (tertiary/aromatic N) is 1. The molecule has 0 aromatic heterocycles. The van der Waals surface area contributed by atoms with Crippen LogP contribution in [-0.4, -0.2) is 26.1 Å². The van der Waals surface area contributed by atoms with Crippen LogP contribution in [0.1, 0.15) is 6.92 Å². The van der Waals surface area contributed by atoms with Gasteiger partial charge < -0.3 is 9.64 Å². The maximum absolute atomic E-state index is 4.76. The monoisotopic (exact) mass is 115 g/mol. The summed E-state index contributed by atoms with van der Waals surface area (Å²) in [5.74, 6) is 0. The maximum atomic E-state index is 4.76. The van der Waals surface area contributed by atoms with E-state index < -0.39 is 0 Å². The summed E-state index contributed by atoms with van der Waals surface area (Å²) in [6, 6.07) is 0. The first-order valence-corrected chi connectivity index (χ1v) is 2.55. The number of rotatable bonds is 2. The van der Waals surface area contributed by atoms with Gasteiger partial charge >= 0.3 is 0 Å². The van der Waals surface area contributed by atoms with E-state index in [1.54, 1.807) is 13.4 Å². The predicted molar refractivity (Wildman–Crippen MR) is 34.5 cm³/mol. The van der Waals surface area contributed by atoms with E-state index in [0.29, 0.717) is 0 Å². The van der Waals surface area contributed by atoms with Gasteiger partial charge in [0.05, 0.1) is 7.11 Å². The van der Waals surface area contributed by atoms with Crippen LogP contribution >= 0.6 is 0 Å². The van der Waals surface area contributed by atoms with Gasteiger partial charge in [-0.25, -0.2) is 0 Å². The normalized spacial score (nSPS) is 11.2. The Kier molecular flexibility index (Phi) is 3.08. The highest BCUT2D eigenvalue weighted by Crippen LogP contribution is 1.93. The Labute approximate surface area is 50.7 Å². The van der Waals surface area contributed by atoms with Crippen LogP contribution in [0.4, 0.5) is 0 Å². The van der Waals surface area contributed by atoms with Crippen molar-refractivity contribution in [1.29, 1.82) is 0 Å². The van der Waals surface area contributed by atoms with Crippen LogP contribution in [-0.2, 0) is 4.74 Å². The van der Waals surface area contributed by atoms with Crippen molar-refractivity contribution in [3.8, 4) is 0 Å². The molecule has 0 spiro atoms. The Morgan fingerprint density at radius 3 is 2.12 bits per heavy atom. The van der Waals surface area contributed by atoms with Gasteiger partial charge in [-0.15, -0.1) is 0 Å². The summed E-state index contributed by atoms with van der Waals surface area (Å²) in [6.07, 6.45) is 1.71. The van der Waals surface area contributed by atoms with Crippen LogP contribution in [0.2, 0.25) is 0 Å². The van der Waals surface area contributed by atoms with Crippen molar-refractivity contribution < 1.29 is 4.74 Å². The molecule has 0 aliphatic heterocycles. The molecule has 0 aliphatic carbocycles. The van der Waals surface area contributed by atoms with Gasteiger partial charge in [0.25, 0.3) is 0 Å². The first-order valence-electron chi connectivity index (χ1n) is 2.55. The zero-order chi connectivity index (χ0) is 6.57. The minimum absolute atomic E-state index is 1.12. The number of allylic oxidation sites excluding steroid dienone is 1. The third-order valence-corrected chi connectivity index (χ3v) is 0.994. The van der Waals surface area contributed by atoms with Gasteiger partial charge in [-0.1, -0.05) is 0 Å². The maximum Gasteiger partial charge on any atom is 0.101 e. The number of hydrogen-bond donors (Lipinski definition) is 0. The molecule has 0 aromatic carbocycles. The first kappa shape index (κ1) is 7.34. The number of hydrogen-bond acceptors (Lipinski definition) is 2. The average molecular weight is 115 g/mol. The van der Waals surface area contributed by atoms with Crippen molar-refractivity contribution in [3.05, 3.63) is 12.0 Å². The van der Waals surface area contributed by atoms with Crippen molar-refractivity contribution in [2.45, 2.75) is 6.92 Å². The number of ether oxygens (including phenoxy) is 1. The molecule has 0 fully saturated rings. The van der Waals surface area contributed by atoms with E-state index in [1.165, 1.54) is 0 Å². The van der Waals surface area contributed by atoms with Gasteiger partial charge in [0.1, 0.15) is 6.26 Å². The highest BCUT2D eigenvalue weighted by Gasteiger charge is 1.86. The molecule has 48 valence electrons. The Morgan fingerprint density at radius 1 is 1.50 bits per heavy atom. The zero-order valence-electron chi connectivity index (χ0n) is 5.93. The highest BCUT2D eigenvalue weighted by molar-refractivity contribution is 4.88. The van der Waals surface area contributed by atoms with Gasteiger partial charge in [0.15, 0.2) is 0 Å². The molecule has 0 heterocycles. The Hall–Kier alpha value is -0.660. The smallest absolute Gasteiger partial charge is 0.101 e. The van der Waals surface area contributed by atoms with Crippen molar-refractivity contribution in [1.82, 2.24) is 4.90 Å². The third-order valence-electron chi connectivity index (χ3n) is 0.994. The second-order valence-electron chi connectivity index (χ2n) is 1.89. The lowest BCUT2D eigenvalue weighted by Crippen LogP contribution is -2.07. The molecule has 8 heavy (non-hydrogen) atoms. The SMILES string of the molecule is COC=C(C)N(C)C. The van der Waals surface area contributed by atoms with Crippen LogP contribution in [0, 0.1) is 0 Å². The molecule has 0 unspecified atom stereocenters. The van der Waals surface area contributed by atoms with Crippen molar-refractivity contribution in [3.63, 3.8) is 0 Å². The standard InChI is InChI=1S/C6H13NO/c1-6(5-8-4)7(2)3/h5H,1-4H3. The van der Waals surface area contributed by atoms with Crippen LogP contribution < -0.4 is 0 Å². The van der Waals surface area contributed by atoms with E-state index in [4.69, 9.17) is 4.74 Å². The second kappa shape index (κ2) is 3.36. The Bertz CT molecular complexity index is 86.5. The van der Waals surface area contributed by atoms with Gasteiger partial charge in [-0.2, -0.15) is 0 Å². The molecule has 0 aliphatic rings. The first-order chi connectivity index (χ1) is 3.68. The summed E-state index contributed by atoms with van der Waals surface area (Å²) in [7, 11) is 5.60. The molecular formula is C6H13NO. The van der Waals surface area contributed by atoms with E-state index in [0.717, 1.165) is 5.70 Å². The van der Waals surface area contributed by atoms with E-state index in [-0.39, 0.29) is 0 Å². The van der Waals surface area contributed by atoms with Crippen LogP contribution in [0.25, 0.3) is 0 Å². The molecule has 0 N–H and O–H groups in total. The summed E-state index contributed by atoms with van der Waals surface area (Å²) >= 11 is 0. The molecule has 0 atom stereocenters. The molecule has 0 saturated carbocycles. The summed E-state index contributed by atoms with van der Waals surface area (Å²) in [5.41, 5.74) is 1.12. The van der Waals surface area contributed by atoms with Gasteiger partial charge in [-0.3, -0.25) is 0 Å². The molecule has 0 rings (SSSR count). The quantitative estimate of drug-likeness (QED) is 0.499. The minimum Gasteiger partial charge on any atom is -0.503 e. The Balaban J connectivity index is 3.61. The fourth-order valence-corrected chi connectivity index (χ4v) is 0.276. The molecule has 2 heteroatoms. The fourth-order valence-electron chi connectivity index (χ4n) is 0.276. The summed E-state index contributed by atoms with van der Waals surface area (Å²) < 4.78 is 4.76. The van der Waals surface area contributed by atoms with E-state index in [9.17, 15) is 0 Å². The molecule has 0 saturated heterocycles. The molecular weight excluding hydrogens is 102 g/mol. The largest absolute Gasteiger partial charge is 0.503 e. The topological polar surface area (TPSA) is 12.5 Å². The predicted octanol–water partition coefficient (Wildman–Crippen LogP) is 1.06. The van der Waals surface area contributed by atoms with Crippen LogP contribution in [0.3, 0.4) is 0 Å². The fraction of sp³-hybridized carbons (Fsp3) is 0.667. The highest BCUT2D eigenvalue weighted by atomic mass is 16.5. The lowest BCUT2D eigenvalue weighted by Gasteiger charge is -2.10. The lowest BCUT2D eigenvalue weighted by atomic mass is 10.5. The summed E-state index contributed by atoms with van der Waals surface area (Å²) in [6.45, 7) is 1.99. The van der Waals surface area contributed by atoms with Crippen LogP contribution in [0.15, 0.2) is 12.0 Å². The summed E-state index contributed by atoms with van der Waals surface area (Å²) in [5, 5.41) is 0. The third kappa shape index (κ3) is 2.50. The minimum atomic E-state index is 1.12. The summed E-state index contributed by atoms with van der Waals surface area (Å²) in [4.78, 5) is 1.99. The molecule has 0 amide bonds. The van der Waals surface area contributed by atoms with E-state index in [2.05, 4.69) is 0 Å². The van der Waals surface area contributed by atoms with Gasteiger partial charge in [0, 0.05) is 19.8 Å². The Morgan fingerprint density at radius 2 is 2.00 bits per heavy atom. The second-order valence-corrected chi connectivity index (χ2v) is 1.89. The van der Waals surface area contributed by atoms with E-state index in [1.807, 2.05) is 25.9 Å². The van der Waals surface area contributed by atoms with Gasteiger partial charge in [-0.05, 0) is 6.92 Å². The molecule has 2 nitrogen and oxygen atoms in total. The molecule has 0 radical (unpaired) electrons. The number of methoxy groups -OCH3 is 1. The van der Waals surface area contributed by atoms with Crippen molar-refractivity contribution >= 4 is 0 Å². The van der Waals surface area contributed by atoms with Crippen LogP contribution in [0.5, 0.6) is 0 Å².